The van der Waals surface area contributed by atoms with Gasteiger partial charge in [0.1, 0.15) is 5.82 Å². The lowest BCUT2D eigenvalue weighted by Gasteiger charge is -2.26. The summed E-state index contributed by atoms with van der Waals surface area (Å²) < 4.78 is 40.5. The van der Waals surface area contributed by atoms with Crippen molar-refractivity contribution in [3.8, 4) is 0 Å². The third kappa shape index (κ3) is 2.36. The molecular formula is C15H14F3N. The number of hydrogen-bond acceptors (Lipinski definition) is 1. The zero-order valence-corrected chi connectivity index (χ0v) is 10.7. The van der Waals surface area contributed by atoms with Gasteiger partial charge >= 0.3 is 0 Å². The van der Waals surface area contributed by atoms with Crippen LogP contribution in [-0.2, 0) is 5.54 Å². The van der Waals surface area contributed by atoms with Crippen molar-refractivity contribution >= 4 is 0 Å². The van der Waals surface area contributed by atoms with Crippen LogP contribution in [0.5, 0.6) is 0 Å². The zero-order chi connectivity index (χ0) is 14.2. The molecule has 1 unspecified atom stereocenters. The molecule has 2 aromatic rings. The first-order valence-electron chi connectivity index (χ1n) is 5.84. The van der Waals surface area contributed by atoms with Crippen LogP contribution in [0.15, 0.2) is 36.4 Å². The van der Waals surface area contributed by atoms with Gasteiger partial charge in [-0.1, -0.05) is 24.3 Å². The van der Waals surface area contributed by atoms with E-state index >= 15 is 0 Å². The topological polar surface area (TPSA) is 26.0 Å². The maximum absolute atomic E-state index is 14.0. The molecule has 100 valence electrons. The monoisotopic (exact) mass is 265 g/mol. The molecule has 0 radical (unpaired) electrons. The van der Waals surface area contributed by atoms with E-state index in [4.69, 9.17) is 5.73 Å². The van der Waals surface area contributed by atoms with Crippen molar-refractivity contribution in [1.82, 2.24) is 0 Å². The Kier molecular flexibility index (Phi) is 3.37. The summed E-state index contributed by atoms with van der Waals surface area (Å²) in [7, 11) is 0. The van der Waals surface area contributed by atoms with Crippen molar-refractivity contribution in [3.63, 3.8) is 0 Å². The molecule has 0 bridgehead atoms. The van der Waals surface area contributed by atoms with E-state index in [0.717, 1.165) is 0 Å². The van der Waals surface area contributed by atoms with E-state index in [1.807, 2.05) is 0 Å². The normalized spacial score (nSPS) is 14.2. The second-order valence-corrected chi connectivity index (χ2v) is 4.77. The van der Waals surface area contributed by atoms with E-state index in [2.05, 4.69) is 0 Å². The van der Waals surface area contributed by atoms with Crippen molar-refractivity contribution < 1.29 is 13.2 Å². The lowest BCUT2D eigenvalue weighted by molar-refractivity contribution is 0.464. The van der Waals surface area contributed by atoms with Crippen LogP contribution in [-0.4, -0.2) is 0 Å². The molecule has 0 saturated heterocycles. The minimum absolute atomic E-state index is 0.0437. The van der Waals surface area contributed by atoms with Gasteiger partial charge in [0.2, 0.25) is 0 Å². The smallest absolute Gasteiger partial charge is 0.164 e. The summed E-state index contributed by atoms with van der Waals surface area (Å²) in [6.07, 6.45) is 0. The van der Waals surface area contributed by atoms with E-state index in [1.165, 1.54) is 43.3 Å². The van der Waals surface area contributed by atoms with Crippen molar-refractivity contribution in [1.29, 1.82) is 0 Å². The van der Waals surface area contributed by atoms with Crippen molar-refractivity contribution in [2.24, 2.45) is 5.73 Å². The van der Waals surface area contributed by atoms with Gasteiger partial charge in [-0.3, -0.25) is 0 Å². The molecule has 0 aliphatic carbocycles. The summed E-state index contributed by atoms with van der Waals surface area (Å²) in [5.41, 5.74) is 5.64. The van der Waals surface area contributed by atoms with Crippen LogP contribution in [0.4, 0.5) is 13.2 Å². The SMILES string of the molecule is Cc1ccc(C(C)(N)c2ccc(F)cc2)c(F)c1F. The first-order chi connectivity index (χ1) is 8.84. The molecule has 1 atom stereocenters. The minimum Gasteiger partial charge on any atom is -0.318 e. The van der Waals surface area contributed by atoms with Crippen LogP contribution in [0.2, 0.25) is 0 Å². The number of nitrogens with two attached hydrogens (primary N) is 1. The Morgan fingerprint density at radius 1 is 0.895 bits per heavy atom. The van der Waals surface area contributed by atoms with E-state index < -0.39 is 23.0 Å². The highest BCUT2D eigenvalue weighted by Crippen LogP contribution is 2.30. The fourth-order valence-electron chi connectivity index (χ4n) is 2.00. The Bertz CT molecular complexity index is 604. The average molecular weight is 265 g/mol. The van der Waals surface area contributed by atoms with E-state index in [-0.39, 0.29) is 11.1 Å². The number of hydrogen-bond donors (Lipinski definition) is 1. The van der Waals surface area contributed by atoms with E-state index in [1.54, 1.807) is 6.92 Å². The summed E-state index contributed by atoms with van der Waals surface area (Å²) in [5.74, 6) is -2.28. The Morgan fingerprint density at radius 3 is 2.05 bits per heavy atom. The maximum Gasteiger partial charge on any atom is 0.164 e. The van der Waals surface area contributed by atoms with Crippen LogP contribution in [0.1, 0.15) is 23.6 Å². The molecule has 1 nitrogen and oxygen atoms in total. The van der Waals surface area contributed by atoms with Crippen molar-refractivity contribution in [2.75, 3.05) is 0 Å². The van der Waals surface area contributed by atoms with Crippen LogP contribution >= 0.6 is 0 Å². The third-order valence-corrected chi connectivity index (χ3v) is 3.28. The first kappa shape index (κ1) is 13.6. The molecule has 2 rings (SSSR count). The average Bonchev–Trinajstić information content (AvgIpc) is 2.36. The number of aryl methyl sites for hydroxylation is 1. The first-order valence-corrected chi connectivity index (χ1v) is 5.84. The van der Waals surface area contributed by atoms with Gasteiger partial charge < -0.3 is 5.73 Å². The van der Waals surface area contributed by atoms with E-state index in [0.29, 0.717) is 5.56 Å². The fourth-order valence-corrected chi connectivity index (χ4v) is 2.00. The van der Waals surface area contributed by atoms with Gasteiger partial charge in [0.15, 0.2) is 11.6 Å². The summed E-state index contributed by atoms with van der Waals surface area (Å²) in [6, 6.07) is 8.34. The predicted molar refractivity (Wildman–Crippen MR) is 68.1 cm³/mol. The molecule has 0 aliphatic rings. The number of rotatable bonds is 2. The van der Waals surface area contributed by atoms with Crippen molar-refractivity contribution in [3.05, 3.63) is 70.5 Å². The Hall–Kier alpha value is -1.81. The largest absolute Gasteiger partial charge is 0.318 e. The lowest BCUT2D eigenvalue weighted by atomic mass is 9.85. The molecule has 0 aromatic heterocycles. The second-order valence-electron chi connectivity index (χ2n) is 4.77. The third-order valence-electron chi connectivity index (χ3n) is 3.28. The molecule has 0 saturated carbocycles. The highest BCUT2D eigenvalue weighted by molar-refractivity contribution is 5.39. The van der Waals surface area contributed by atoms with E-state index in [9.17, 15) is 13.2 Å². The molecule has 19 heavy (non-hydrogen) atoms. The highest BCUT2D eigenvalue weighted by atomic mass is 19.2. The summed E-state index contributed by atoms with van der Waals surface area (Å²) >= 11 is 0. The Balaban J connectivity index is 2.56. The van der Waals surface area contributed by atoms with Gasteiger partial charge in [0.05, 0.1) is 5.54 Å². The van der Waals surface area contributed by atoms with Gasteiger partial charge in [-0.2, -0.15) is 0 Å². The molecule has 0 heterocycles. The van der Waals surface area contributed by atoms with Gasteiger partial charge in [-0.15, -0.1) is 0 Å². The fraction of sp³-hybridized carbons (Fsp3) is 0.200. The predicted octanol–water partition coefficient (Wildman–Crippen LogP) is 3.63. The minimum atomic E-state index is -1.23. The van der Waals surface area contributed by atoms with Crippen LogP contribution in [0.25, 0.3) is 0 Å². The summed E-state index contributed by atoms with van der Waals surface area (Å²) in [6.45, 7) is 3.04. The summed E-state index contributed by atoms with van der Waals surface area (Å²) in [4.78, 5) is 0. The molecule has 4 heteroatoms. The Morgan fingerprint density at radius 2 is 1.47 bits per heavy atom. The highest BCUT2D eigenvalue weighted by Gasteiger charge is 2.29. The quantitative estimate of drug-likeness (QED) is 0.881. The molecule has 2 aromatic carbocycles. The molecular weight excluding hydrogens is 251 g/mol. The van der Waals surface area contributed by atoms with Crippen LogP contribution in [0.3, 0.4) is 0 Å². The molecule has 0 amide bonds. The number of halogens is 3. The van der Waals surface area contributed by atoms with Crippen LogP contribution < -0.4 is 5.73 Å². The second kappa shape index (κ2) is 4.70. The Labute approximate surface area is 109 Å². The number of benzene rings is 2. The standard InChI is InChI=1S/C15H14F3N/c1-9-3-8-12(14(18)13(9)17)15(2,19)10-4-6-11(16)7-5-10/h3-8H,19H2,1-2H3. The molecule has 0 fully saturated rings. The van der Waals surface area contributed by atoms with Crippen molar-refractivity contribution in [2.45, 2.75) is 19.4 Å². The zero-order valence-electron chi connectivity index (χ0n) is 10.7. The lowest BCUT2D eigenvalue weighted by Crippen LogP contribution is -2.35. The van der Waals surface area contributed by atoms with Gasteiger partial charge in [0, 0.05) is 5.56 Å². The van der Waals surface area contributed by atoms with Gasteiger partial charge in [-0.25, -0.2) is 13.2 Å². The molecule has 2 N–H and O–H groups in total. The summed E-state index contributed by atoms with van der Waals surface area (Å²) in [5, 5.41) is 0. The van der Waals surface area contributed by atoms with Gasteiger partial charge in [-0.05, 0) is 37.1 Å². The molecule has 0 spiro atoms. The van der Waals surface area contributed by atoms with Gasteiger partial charge in [0.25, 0.3) is 0 Å². The molecule has 0 aliphatic heterocycles. The van der Waals surface area contributed by atoms with Crippen LogP contribution in [0, 0.1) is 24.4 Å². The maximum atomic E-state index is 14.0.